The normalized spacial score (nSPS) is 10.8. The summed E-state index contributed by atoms with van der Waals surface area (Å²) in [6, 6.07) is 15.9. The minimum atomic E-state index is -0.461. The summed E-state index contributed by atoms with van der Waals surface area (Å²) in [5.41, 5.74) is 1.35. The number of nitrogens with zero attached hydrogens (tertiary/aromatic N) is 1. The number of ether oxygens (including phenoxy) is 1. The molecule has 0 radical (unpaired) electrons. The van der Waals surface area contributed by atoms with Gasteiger partial charge < -0.3 is 10.1 Å². The van der Waals surface area contributed by atoms with Crippen LogP contribution in [0.2, 0.25) is 5.02 Å². The van der Waals surface area contributed by atoms with Gasteiger partial charge in [0, 0.05) is 10.7 Å². The van der Waals surface area contributed by atoms with Crippen molar-refractivity contribution in [2.45, 2.75) is 19.8 Å². The predicted molar refractivity (Wildman–Crippen MR) is 101 cm³/mol. The molecule has 2 aromatic carbocycles. The average Bonchev–Trinajstić information content (AvgIpc) is 2.63. The van der Waals surface area contributed by atoms with Crippen LogP contribution < -0.4 is 10.1 Å². The van der Waals surface area contributed by atoms with E-state index in [1.807, 2.05) is 6.07 Å². The number of carbonyl (C=O) groups is 1. The highest BCUT2D eigenvalue weighted by molar-refractivity contribution is 6.30. The van der Waals surface area contributed by atoms with Gasteiger partial charge in [0.2, 0.25) is 0 Å². The summed E-state index contributed by atoms with van der Waals surface area (Å²) in [6.45, 7) is 2.77. The van der Waals surface area contributed by atoms with Crippen molar-refractivity contribution in [1.82, 2.24) is 0 Å². The summed E-state index contributed by atoms with van der Waals surface area (Å²) >= 11 is 5.83. The fourth-order valence-corrected chi connectivity index (χ4v) is 2.17. The number of halogens is 1. The second-order valence-corrected chi connectivity index (χ2v) is 5.84. The summed E-state index contributed by atoms with van der Waals surface area (Å²) < 4.78 is 5.58. The zero-order chi connectivity index (χ0) is 18.1. The molecule has 5 heteroatoms. The molecule has 0 bridgehead atoms. The number of rotatable bonds is 7. The minimum Gasteiger partial charge on any atom is -0.494 e. The van der Waals surface area contributed by atoms with Gasteiger partial charge in [-0.05, 0) is 54.5 Å². The van der Waals surface area contributed by atoms with Crippen LogP contribution in [0, 0.1) is 11.3 Å². The first kappa shape index (κ1) is 18.6. The van der Waals surface area contributed by atoms with E-state index in [1.54, 1.807) is 48.5 Å². The molecule has 0 unspecified atom stereocenters. The maximum Gasteiger partial charge on any atom is 0.266 e. The van der Waals surface area contributed by atoms with Crippen LogP contribution in [0.25, 0.3) is 6.08 Å². The molecule has 4 nitrogen and oxygen atoms in total. The largest absolute Gasteiger partial charge is 0.494 e. The monoisotopic (exact) mass is 354 g/mol. The van der Waals surface area contributed by atoms with Gasteiger partial charge in [-0.15, -0.1) is 0 Å². The highest BCUT2D eigenvalue weighted by atomic mass is 35.5. The third-order valence-corrected chi connectivity index (χ3v) is 3.68. The Bertz CT molecular complexity index is 775. The summed E-state index contributed by atoms with van der Waals surface area (Å²) in [4.78, 5) is 12.3. The Hall–Kier alpha value is -2.77. The topological polar surface area (TPSA) is 62.1 Å². The number of hydrogen-bond acceptors (Lipinski definition) is 3. The van der Waals surface area contributed by atoms with Crippen LogP contribution in [0.15, 0.2) is 54.1 Å². The lowest BCUT2D eigenvalue weighted by atomic mass is 10.1. The van der Waals surface area contributed by atoms with Gasteiger partial charge in [-0.25, -0.2) is 0 Å². The van der Waals surface area contributed by atoms with Crippen LogP contribution in [0.3, 0.4) is 0 Å². The van der Waals surface area contributed by atoms with E-state index in [1.165, 1.54) is 6.08 Å². The lowest BCUT2D eigenvalue weighted by molar-refractivity contribution is -0.112. The van der Waals surface area contributed by atoms with E-state index in [2.05, 4.69) is 12.2 Å². The highest BCUT2D eigenvalue weighted by Crippen LogP contribution is 2.18. The van der Waals surface area contributed by atoms with Gasteiger partial charge in [0.05, 0.1) is 6.61 Å². The maximum atomic E-state index is 12.3. The molecule has 1 amide bonds. The third-order valence-electron chi connectivity index (χ3n) is 3.42. The van der Waals surface area contributed by atoms with Crippen LogP contribution >= 0.6 is 11.6 Å². The number of unbranched alkanes of at least 4 members (excludes halogenated alkanes) is 1. The van der Waals surface area contributed by atoms with Crippen molar-refractivity contribution in [3.05, 3.63) is 64.7 Å². The van der Waals surface area contributed by atoms with Crippen molar-refractivity contribution in [2.24, 2.45) is 0 Å². The van der Waals surface area contributed by atoms with Crippen LogP contribution in [0.4, 0.5) is 5.69 Å². The van der Waals surface area contributed by atoms with Crippen LogP contribution in [0.5, 0.6) is 5.75 Å². The van der Waals surface area contributed by atoms with Crippen molar-refractivity contribution < 1.29 is 9.53 Å². The lowest BCUT2D eigenvalue weighted by Gasteiger charge is -2.07. The molecule has 0 fully saturated rings. The molecule has 1 N–H and O–H groups in total. The van der Waals surface area contributed by atoms with Gasteiger partial charge in [0.25, 0.3) is 5.91 Å². The molecule has 0 aliphatic carbocycles. The molecular formula is C20H19ClN2O2. The van der Waals surface area contributed by atoms with Gasteiger partial charge in [0.15, 0.2) is 0 Å². The van der Waals surface area contributed by atoms with Gasteiger partial charge in [0.1, 0.15) is 17.4 Å². The smallest absolute Gasteiger partial charge is 0.266 e. The number of carbonyl (C=O) groups excluding carboxylic acids is 1. The molecule has 0 saturated heterocycles. The Morgan fingerprint density at radius 2 is 1.88 bits per heavy atom. The Kier molecular flexibility index (Phi) is 7.06. The highest BCUT2D eigenvalue weighted by Gasteiger charge is 2.09. The molecule has 128 valence electrons. The van der Waals surface area contributed by atoms with Gasteiger partial charge >= 0.3 is 0 Å². The van der Waals surface area contributed by atoms with Gasteiger partial charge in [-0.3, -0.25) is 4.79 Å². The fourth-order valence-electron chi connectivity index (χ4n) is 2.04. The maximum absolute atomic E-state index is 12.3. The van der Waals surface area contributed by atoms with Crippen LogP contribution in [-0.2, 0) is 4.79 Å². The minimum absolute atomic E-state index is 0.0191. The summed E-state index contributed by atoms with van der Waals surface area (Å²) in [5, 5.41) is 12.5. The number of hydrogen-bond donors (Lipinski definition) is 1. The molecule has 0 atom stereocenters. The second-order valence-electron chi connectivity index (χ2n) is 5.40. The average molecular weight is 355 g/mol. The standard InChI is InChI=1S/C20H19ClN2O2/c1-2-3-12-25-19-10-8-18(9-11-19)23-20(24)16(14-22)13-15-4-6-17(21)7-5-15/h4-11,13H,2-3,12H2,1H3,(H,23,24)/b16-13+. The first-order valence-corrected chi connectivity index (χ1v) is 8.41. The zero-order valence-corrected chi connectivity index (χ0v) is 14.7. The number of anilines is 1. The summed E-state index contributed by atoms with van der Waals surface area (Å²) in [6.07, 6.45) is 3.60. The number of nitrogens with one attached hydrogen (secondary N) is 1. The lowest BCUT2D eigenvalue weighted by Crippen LogP contribution is -2.13. The zero-order valence-electron chi connectivity index (χ0n) is 14.0. The molecule has 2 rings (SSSR count). The first-order valence-electron chi connectivity index (χ1n) is 8.04. The Labute approximate surface area is 152 Å². The molecule has 25 heavy (non-hydrogen) atoms. The van der Waals surface area contributed by atoms with Crippen molar-refractivity contribution in [2.75, 3.05) is 11.9 Å². The molecule has 0 aromatic heterocycles. The Balaban J connectivity index is 2.02. The molecule has 0 heterocycles. The van der Waals surface area contributed by atoms with E-state index in [9.17, 15) is 10.1 Å². The molecule has 2 aromatic rings. The summed E-state index contributed by atoms with van der Waals surface area (Å²) in [5.74, 6) is 0.292. The van der Waals surface area contributed by atoms with Gasteiger partial charge in [-0.2, -0.15) is 5.26 Å². The molecular weight excluding hydrogens is 336 g/mol. The van der Waals surface area contributed by atoms with Crippen molar-refractivity contribution in [3.8, 4) is 11.8 Å². The number of amides is 1. The van der Waals surface area contributed by atoms with Crippen molar-refractivity contribution in [3.63, 3.8) is 0 Å². The quantitative estimate of drug-likeness (QED) is 0.429. The van der Waals surface area contributed by atoms with Crippen molar-refractivity contribution >= 4 is 29.3 Å². The third kappa shape index (κ3) is 5.98. The Morgan fingerprint density at radius 1 is 1.20 bits per heavy atom. The fraction of sp³-hybridized carbons (Fsp3) is 0.200. The molecule has 0 aliphatic rings. The van der Waals surface area contributed by atoms with Crippen molar-refractivity contribution in [1.29, 1.82) is 5.26 Å². The summed E-state index contributed by atoms with van der Waals surface area (Å²) in [7, 11) is 0. The van der Waals surface area contributed by atoms with E-state index >= 15 is 0 Å². The van der Waals surface area contributed by atoms with E-state index in [0.717, 1.165) is 24.2 Å². The second kappa shape index (κ2) is 9.51. The molecule has 0 saturated carbocycles. The van der Waals surface area contributed by atoms with Gasteiger partial charge in [-0.1, -0.05) is 37.1 Å². The Morgan fingerprint density at radius 3 is 2.48 bits per heavy atom. The molecule has 0 spiro atoms. The van der Waals surface area contributed by atoms with Crippen LogP contribution in [-0.4, -0.2) is 12.5 Å². The van der Waals surface area contributed by atoms with E-state index < -0.39 is 5.91 Å². The predicted octanol–water partition coefficient (Wildman–Crippen LogP) is 5.06. The molecule has 0 aliphatic heterocycles. The van der Waals surface area contributed by atoms with E-state index in [-0.39, 0.29) is 5.57 Å². The first-order chi connectivity index (χ1) is 12.1. The SMILES string of the molecule is CCCCOc1ccc(NC(=O)/C(C#N)=C/c2ccc(Cl)cc2)cc1. The number of benzene rings is 2. The van der Waals surface area contributed by atoms with E-state index in [4.69, 9.17) is 16.3 Å². The van der Waals surface area contributed by atoms with E-state index in [0.29, 0.717) is 17.3 Å². The van der Waals surface area contributed by atoms with Crippen LogP contribution in [0.1, 0.15) is 25.3 Å². The number of nitriles is 1.